The summed E-state index contributed by atoms with van der Waals surface area (Å²) < 4.78 is 0. The van der Waals surface area contributed by atoms with Crippen LogP contribution in [0, 0.1) is 13.8 Å². The highest BCUT2D eigenvalue weighted by atomic mass is 16.3. The number of phenolic OH excluding ortho intramolecular Hbond substituents is 1. The summed E-state index contributed by atoms with van der Waals surface area (Å²) in [6, 6.07) is 16.7. The maximum Gasteiger partial charge on any atom is 0.262 e. The van der Waals surface area contributed by atoms with E-state index in [1.165, 1.54) is 6.21 Å². The van der Waals surface area contributed by atoms with Crippen LogP contribution in [-0.4, -0.2) is 23.3 Å². The quantitative estimate of drug-likeness (QED) is 0.473. The molecule has 3 N–H and O–H groups in total. The van der Waals surface area contributed by atoms with Crippen LogP contribution in [0.3, 0.4) is 0 Å². The summed E-state index contributed by atoms with van der Waals surface area (Å²) in [5.41, 5.74) is 6.23. The van der Waals surface area contributed by atoms with Crippen LogP contribution in [0.4, 0.5) is 5.69 Å². The topological polar surface area (TPSA) is 73.7 Å². The first-order chi connectivity index (χ1) is 13.0. The number of fused-ring (bicyclic) bond motifs is 1. The van der Waals surface area contributed by atoms with Crippen LogP contribution in [0.5, 0.6) is 5.75 Å². The fraction of sp³-hybridized carbons (Fsp3) is 0.182. The van der Waals surface area contributed by atoms with E-state index in [2.05, 4.69) is 15.8 Å². The number of nitrogens with zero attached hydrogens (tertiary/aromatic N) is 1. The first-order valence-corrected chi connectivity index (χ1v) is 8.83. The van der Waals surface area contributed by atoms with Gasteiger partial charge in [-0.2, -0.15) is 5.10 Å². The highest BCUT2D eigenvalue weighted by Gasteiger charge is 2.14. The number of hydrogen-bond donors (Lipinski definition) is 3. The fourth-order valence-electron chi connectivity index (χ4n) is 3.00. The number of para-hydroxylation sites is 1. The van der Waals surface area contributed by atoms with Gasteiger partial charge in [0, 0.05) is 11.3 Å². The van der Waals surface area contributed by atoms with Gasteiger partial charge < -0.3 is 10.4 Å². The molecular weight excluding hydrogens is 338 g/mol. The second-order valence-electron chi connectivity index (χ2n) is 6.59. The van der Waals surface area contributed by atoms with Crippen LogP contribution in [0.25, 0.3) is 10.8 Å². The normalized spacial score (nSPS) is 12.3. The molecule has 3 aromatic carbocycles. The molecule has 0 aliphatic rings. The lowest BCUT2D eigenvalue weighted by Crippen LogP contribution is -2.35. The number of anilines is 1. The highest BCUT2D eigenvalue weighted by Crippen LogP contribution is 2.25. The molecule has 0 aliphatic heterocycles. The number of carbonyl (C=O) groups excluding carboxylic acids is 1. The van der Waals surface area contributed by atoms with Crippen LogP contribution < -0.4 is 10.7 Å². The monoisotopic (exact) mass is 361 g/mol. The Morgan fingerprint density at radius 1 is 1.04 bits per heavy atom. The van der Waals surface area contributed by atoms with E-state index in [1.807, 2.05) is 62.4 Å². The van der Waals surface area contributed by atoms with Gasteiger partial charge in [-0.1, -0.05) is 48.5 Å². The van der Waals surface area contributed by atoms with E-state index in [-0.39, 0.29) is 11.7 Å². The van der Waals surface area contributed by atoms with Gasteiger partial charge in [-0.05, 0) is 48.7 Å². The van der Waals surface area contributed by atoms with Crippen LogP contribution >= 0.6 is 0 Å². The molecule has 0 saturated carbocycles. The molecule has 0 fully saturated rings. The van der Waals surface area contributed by atoms with Crippen LogP contribution in [0.2, 0.25) is 0 Å². The van der Waals surface area contributed by atoms with Gasteiger partial charge in [-0.25, -0.2) is 5.43 Å². The Bertz CT molecular complexity index is 991. The van der Waals surface area contributed by atoms with Crippen molar-refractivity contribution in [3.05, 3.63) is 71.3 Å². The fourth-order valence-corrected chi connectivity index (χ4v) is 3.00. The number of aromatic hydroxyl groups is 1. The molecule has 3 aromatic rings. The molecule has 0 aliphatic carbocycles. The van der Waals surface area contributed by atoms with Crippen molar-refractivity contribution in [1.29, 1.82) is 0 Å². The zero-order chi connectivity index (χ0) is 19.4. The first kappa shape index (κ1) is 18.5. The largest absolute Gasteiger partial charge is 0.507 e. The van der Waals surface area contributed by atoms with E-state index >= 15 is 0 Å². The Balaban J connectivity index is 1.71. The van der Waals surface area contributed by atoms with Crippen LogP contribution in [0.15, 0.2) is 59.7 Å². The van der Waals surface area contributed by atoms with Crippen molar-refractivity contribution in [2.45, 2.75) is 26.8 Å². The minimum atomic E-state index is -0.455. The van der Waals surface area contributed by atoms with Crippen molar-refractivity contribution in [2.75, 3.05) is 5.32 Å². The molecule has 0 radical (unpaired) electrons. The van der Waals surface area contributed by atoms with Gasteiger partial charge in [0.15, 0.2) is 0 Å². The SMILES string of the molecule is Cc1cccc(C)c1NC(C)C(=O)NN=Cc1c(O)ccc2ccccc12. The molecule has 0 spiro atoms. The van der Waals surface area contributed by atoms with Gasteiger partial charge in [0.2, 0.25) is 0 Å². The third kappa shape index (κ3) is 4.08. The predicted octanol–water partition coefficient (Wildman–Crippen LogP) is 4.11. The molecule has 138 valence electrons. The number of hydrazone groups is 1. The lowest BCUT2D eigenvalue weighted by atomic mass is 10.0. The van der Waals surface area contributed by atoms with Gasteiger partial charge >= 0.3 is 0 Å². The molecule has 0 aromatic heterocycles. The Morgan fingerprint density at radius 2 is 1.74 bits per heavy atom. The average molecular weight is 361 g/mol. The minimum Gasteiger partial charge on any atom is -0.507 e. The number of amides is 1. The molecule has 1 amide bonds. The molecule has 27 heavy (non-hydrogen) atoms. The maximum absolute atomic E-state index is 12.4. The summed E-state index contributed by atoms with van der Waals surface area (Å²) in [4.78, 5) is 12.4. The summed E-state index contributed by atoms with van der Waals surface area (Å²) in [6.07, 6.45) is 1.47. The Morgan fingerprint density at radius 3 is 2.48 bits per heavy atom. The number of carbonyl (C=O) groups is 1. The van der Waals surface area contributed by atoms with Gasteiger partial charge in [-0.15, -0.1) is 0 Å². The van der Waals surface area contributed by atoms with Gasteiger partial charge in [0.1, 0.15) is 11.8 Å². The highest BCUT2D eigenvalue weighted by molar-refractivity contribution is 6.02. The van der Waals surface area contributed by atoms with E-state index in [0.29, 0.717) is 5.56 Å². The van der Waals surface area contributed by atoms with E-state index < -0.39 is 6.04 Å². The maximum atomic E-state index is 12.4. The second-order valence-corrected chi connectivity index (χ2v) is 6.59. The van der Waals surface area contributed by atoms with Gasteiger partial charge in [0.05, 0.1) is 6.21 Å². The van der Waals surface area contributed by atoms with E-state index in [0.717, 1.165) is 27.6 Å². The summed E-state index contributed by atoms with van der Waals surface area (Å²) >= 11 is 0. The number of hydrogen-bond acceptors (Lipinski definition) is 4. The number of rotatable bonds is 5. The summed E-state index contributed by atoms with van der Waals surface area (Å²) in [5.74, 6) is -0.137. The van der Waals surface area contributed by atoms with Crippen LogP contribution in [0.1, 0.15) is 23.6 Å². The van der Waals surface area contributed by atoms with Crippen molar-refractivity contribution >= 4 is 28.6 Å². The molecule has 0 heterocycles. The third-order valence-corrected chi connectivity index (χ3v) is 4.55. The number of nitrogens with one attached hydrogen (secondary N) is 2. The Hall–Kier alpha value is -3.34. The first-order valence-electron chi connectivity index (χ1n) is 8.83. The standard InChI is InChI=1S/C22H23N3O2/c1-14-7-6-8-15(2)21(14)24-16(3)22(27)25-23-13-19-18-10-5-4-9-17(18)11-12-20(19)26/h4-13,16,24,26H,1-3H3,(H,25,27). The Labute approximate surface area is 158 Å². The third-order valence-electron chi connectivity index (χ3n) is 4.55. The van der Waals surface area contributed by atoms with Crippen molar-refractivity contribution in [3.63, 3.8) is 0 Å². The van der Waals surface area contributed by atoms with Crippen molar-refractivity contribution in [3.8, 4) is 5.75 Å². The minimum absolute atomic E-state index is 0.119. The van der Waals surface area contributed by atoms with Gasteiger partial charge in [0.25, 0.3) is 5.91 Å². The zero-order valence-electron chi connectivity index (χ0n) is 15.7. The lowest BCUT2D eigenvalue weighted by molar-refractivity contribution is -0.121. The smallest absolute Gasteiger partial charge is 0.262 e. The van der Waals surface area contributed by atoms with Gasteiger partial charge in [-0.3, -0.25) is 4.79 Å². The molecule has 1 unspecified atom stereocenters. The zero-order valence-corrected chi connectivity index (χ0v) is 15.7. The number of phenols is 1. The predicted molar refractivity (Wildman–Crippen MR) is 110 cm³/mol. The lowest BCUT2D eigenvalue weighted by Gasteiger charge is -2.17. The molecule has 0 saturated heterocycles. The van der Waals surface area contributed by atoms with Crippen molar-refractivity contribution in [1.82, 2.24) is 5.43 Å². The molecule has 1 atom stereocenters. The molecule has 0 bridgehead atoms. The second kappa shape index (κ2) is 7.91. The summed E-state index contributed by atoms with van der Waals surface area (Å²) in [6.45, 7) is 5.79. The molecule has 3 rings (SSSR count). The number of aryl methyl sites for hydroxylation is 2. The molecular formula is C22H23N3O2. The summed E-state index contributed by atoms with van der Waals surface area (Å²) in [5, 5.41) is 19.3. The summed E-state index contributed by atoms with van der Waals surface area (Å²) in [7, 11) is 0. The number of benzene rings is 3. The molecule has 5 heteroatoms. The molecule has 5 nitrogen and oxygen atoms in total. The van der Waals surface area contributed by atoms with E-state index in [1.54, 1.807) is 13.0 Å². The van der Waals surface area contributed by atoms with E-state index in [4.69, 9.17) is 0 Å². The van der Waals surface area contributed by atoms with Crippen molar-refractivity contribution < 1.29 is 9.90 Å². The van der Waals surface area contributed by atoms with Crippen molar-refractivity contribution in [2.24, 2.45) is 5.10 Å². The van der Waals surface area contributed by atoms with E-state index in [9.17, 15) is 9.90 Å². The Kier molecular flexibility index (Phi) is 5.41. The van der Waals surface area contributed by atoms with Crippen LogP contribution in [-0.2, 0) is 4.79 Å². The average Bonchev–Trinajstić information content (AvgIpc) is 2.66.